The lowest BCUT2D eigenvalue weighted by atomic mass is 10.00. The summed E-state index contributed by atoms with van der Waals surface area (Å²) in [6, 6.07) is 40.4. The number of nitrogens with zero attached hydrogens (tertiary/aromatic N) is 11. The van der Waals surface area contributed by atoms with Crippen LogP contribution in [0.25, 0.3) is 56.3 Å². The molecule has 1 atom stereocenters. The topological polar surface area (TPSA) is 479 Å². The van der Waals surface area contributed by atoms with Crippen LogP contribution in [0.5, 0.6) is 0 Å². The SMILES string of the molecule is CC(C)C(=O)C(Br)C(=O)c1ccc(F)cc1.CC(C)C(=O)CC(=O)c1ccc(F)cc1.CC(C)c1[nH]c(=O)nc(-c2ccc(F)cc2)c1Br.CC(C)c1nc(N(C)S(C)(=O)=O)nc(-c2ccc(F)cc2)c1Br.CC(C)c1nc(N)nc(-c2ccc(F)cc2)c1Br.CC(C)c1nc(NS(C)(=O)=O)nc(-c2ccc(F)cc2)c1Br.CN=C(N)N.CNc1nc(-c2ccc(F)cc2)c(Br)c(C(C)C)n1.N=C(N)N. The molecule has 7 aromatic carbocycles. The molecule has 1 unspecified atom stereocenters. The van der Waals surface area contributed by atoms with E-state index in [4.69, 9.17) is 22.6 Å². The number of guanidine groups is 2. The van der Waals surface area contributed by atoms with Crippen LogP contribution >= 0.6 is 95.6 Å². The van der Waals surface area contributed by atoms with Gasteiger partial charge in [0.1, 0.15) is 51.3 Å². The van der Waals surface area contributed by atoms with Crippen molar-refractivity contribution in [3.63, 3.8) is 0 Å². The van der Waals surface area contributed by atoms with E-state index in [1.165, 1.54) is 123 Å². The van der Waals surface area contributed by atoms with E-state index in [0.29, 0.717) is 76.9 Å². The molecule has 0 bridgehead atoms. The second-order valence-electron chi connectivity index (χ2n) is 32.3. The van der Waals surface area contributed by atoms with E-state index in [2.05, 4.69) is 186 Å². The first kappa shape index (κ1) is 121. The van der Waals surface area contributed by atoms with Gasteiger partial charge in [-0.05, 0) is 279 Å². The van der Waals surface area contributed by atoms with Crippen LogP contribution in [-0.4, -0.2) is 140 Å². The van der Waals surface area contributed by atoms with Crippen molar-refractivity contribution >= 4 is 174 Å². The zero-order valence-electron chi connectivity index (χ0n) is 79.7. The molecule has 0 aliphatic carbocycles. The highest BCUT2D eigenvalue weighted by atomic mass is 79.9. The number of carbonyl (C=O) groups excluding carboxylic acids is 4. The number of hydrogen-bond donors (Lipinski definition) is 9. The summed E-state index contributed by atoms with van der Waals surface area (Å²) in [5.74, 6) is -2.14. The summed E-state index contributed by atoms with van der Waals surface area (Å²) >= 11 is 20.5. The van der Waals surface area contributed by atoms with Gasteiger partial charge in [-0.3, -0.25) is 34.3 Å². The molecule has 140 heavy (non-hydrogen) atoms. The molecule has 0 aliphatic rings. The number of benzene rings is 7. The molecular weight excluding hydrogens is 2250 g/mol. The number of H-pyrrole nitrogens is 1. The van der Waals surface area contributed by atoms with Crippen LogP contribution in [0.2, 0.25) is 0 Å². The van der Waals surface area contributed by atoms with Crippen molar-refractivity contribution in [1.82, 2.24) is 49.8 Å². The van der Waals surface area contributed by atoms with Crippen molar-refractivity contribution in [1.29, 1.82) is 5.41 Å². The highest BCUT2D eigenvalue weighted by Crippen LogP contribution is 2.39. The monoisotopic (exact) mass is 2360 g/mol. The van der Waals surface area contributed by atoms with Gasteiger partial charge >= 0.3 is 5.69 Å². The number of aromatic amines is 1. The summed E-state index contributed by atoms with van der Waals surface area (Å²) in [7, 11) is -2.26. The molecule has 0 saturated carbocycles. The Bertz CT molecular complexity index is 6550. The van der Waals surface area contributed by atoms with E-state index in [9.17, 15) is 71.5 Å². The molecule has 0 aliphatic heterocycles. The van der Waals surface area contributed by atoms with Gasteiger partial charge in [-0.15, -0.1) is 0 Å². The summed E-state index contributed by atoms with van der Waals surface area (Å²) in [6.07, 6.45) is 2.01. The van der Waals surface area contributed by atoms with Gasteiger partial charge < -0.3 is 39.0 Å². The predicted octanol–water partition coefficient (Wildman–Crippen LogP) is 21.9. The Kier molecular flexibility index (Phi) is 49.0. The third-order valence-corrected chi connectivity index (χ3v) is 25.1. The predicted molar refractivity (Wildman–Crippen MR) is 561 cm³/mol. The fourth-order valence-corrected chi connectivity index (χ4v) is 17.1. The zero-order valence-corrected chi connectivity index (χ0v) is 90.9. The molecular formula is C96H109Br6F7N20O9S2. The van der Waals surface area contributed by atoms with E-state index in [1.807, 2.05) is 55.4 Å². The van der Waals surface area contributed by atoms with Crippen molar-refractivity contribution in [2.75, 3.05) is 53.7 Å². The highest BCUT2D eigenvalue weighted by Gasteiger charge is 2.28. The minimum Gasteiger partial charge on any atom is -0.370 e. The average molecular weight is 2360 g/mol. The molecule has 14 N–H and O–H groups in total. The highest BCUT2D eigenvalue weighted by molar-refractivity contribution is 9.11. The molecule has 750 valence electrons. The molecule has 5 heterocycles. The number of nitrogens with one attached hydrogen (secondary N) is 4. The number of hydrogen-bond acceptors (Lipinski definition) is 22. The summed E-state index contributed by atoms with van der Waals surface area (Å²) in [4.78, 5) is 101. The number of carbonyl (C=O) groups is 4. The number of ketones is 4. The number of nitrogen functional groups attached to an aromatic ring is 1. The van der Waals surface area contributed by atoms with E-state index in [1.54, 1.807) is 95.4 Å². The number of alkyl halides is 1. The van der Waals surface area contributed by atoms with Gasteiger partial charge in [0.05, 0.1) is 92.5 Å². The van der Waals surface area contributed by atoms with Crippen LogP contribution < -0.4 is 48.7 Å². The van der Waals surface area contributed by atoms with Crippen LogP contribution in [0.15, 0.2) is 202 Å². The quantitative estimate of drug-likeness (QED) is 0.00717. The molecule has 0 fully saturated rings. The van der Waals surface area contributed by atoms with E-state index in [-0.39, 0.29) is 136 Å². The van der Waals surface area contributed by atoms with E-state index >= 15 is 0 Å². The van der Waals surface area contributed by atoms with Crippen molar-refractivity contribution < 1.29 is 66.7 Å². The second-order valence-corrected chi connectivity index (χ2v) is 40.9. The van der Waals surface area contributed by atoms with Crippen molar-refractivity contribution in [3.8, 4) is 56.3 Å². The number of aliphatic imine (C=N–C) groups is 1. The number of nitrogens with two attached hydrogens (primary N) is 5. The van der Waals surface area contributed by atoms with Gasteiger partial charge in [0, 0.05) is 77.6 Å². The van der Waals surface area contributed by atoms with Gasteiger partial charge in [-0.2, -0.15) is 4.98 Å². The Morgan fingerprint density at radius 3 is 1.03 bits per heavy atom. The molecule has 12 aromatic rings. The Morgan fingerprint density at radius 2 is 0.729 bits per heavy atom. The maximum absolute atomic E-state index is 13.1. The number of rotatable bonds is 23. The first-order valence-electron chi connectivity index (χ1n) is 42.3. The molecule has 0 spiro atoms. The lowest BCUT2D eigenvalue weighted by Crippen LogP contribution is -2.28. The lowest BCUT2D eigenvalue weighted by Gasteiger charge is -2.19. The van der Waals surface area contributed by atoms with Crippen LogP contribution in [0, 0.1) is 58.0 Å². The molecule has 29 nitrogen and oxygen atoms in total. The average Bonchev–Trinajstić information content (AvgIpc) is 0.788. The summed E-state index contributed by atoms with van der Waals surface area (Å²) in [6.45, 7) is 26.9. The molecule has 5 aromatic heterocycles. The minimum absolute atomic E-state index is 0.00581. The summed E-state index contributed by atoms with van der Waals surface area (Å²) in [5.41, 5.74) is 35.2. The Balaban J connectivity index is 0.000000337. The second kappa shape index (κ2) is 56.8. The Labute approximate surface area is 860 Å². The molecule has 12 rings (SSSR count). The minimum atomic E-state index is -3.49. The van der Waals surface area contributed by atoms with Crippen molar-refractivity contribution in [2.45, 2.75) is 138 Å². The number of halogens is 13. The van der Waals surface area contributed by atoms with Gasteiger partial charge in [0.15, 0.2) is 29.3 Å². The first-order valence-corrected chi connectivity index (χ1v) is 50.9. The summed E-state index contributed by atoms with van der Waals surface area (Å²) < 4.78 is 144. The normalized spacial score (nSPS) is 11.0. The smallest absolute Gasteiger partial charge is 0.345 e. The van der Waals surface area contributed by atoms with Gasteiger partial charge in [0.2, 0.25) is 43.8 Å². The largest absolute Gasteiger partial charge is 0.370 e. The van der Waals surface area contributed by atoms with E-state index in [0.717, 1.165) is 64.1 Å². The molecule has 0 radical (unpaired) electrons. The van der Waals surface area contributed by atoms with Crippen molar-refractivity contribution in [3.05, 3.63) is 283 Å². The zero-order chi connectivity index (χ0) is 106. The summed E-state index contributed by atoms with van der Waals surface area (Å²) in [5, 5.41) is 9.01. The van der Waals surface area contributed by atoms with Gasteiger partial charge in [0.25, 0.3) is 0 Å². The maximum atomic E-state index is 13.1. The third kappa shape index (κ3) is 39.2. The van der Waals surface area contributed by atoms with Crippen molar-refractivity contribution in [2.24, 2.45) is 39.8 Å². The van der Waals surface area contributed by atoms with Gasteiger partial charge in [-0.1, -0.05) is 113 Å². The number of anilines is 4. The Morgan fingerprint density at radius 1 is 0.436 bits per heavy atom. The van der Waals surface area contributed by atoms with E-state index < -0.39 is 36.4 Å². The fraction of sp³-hybridized carbons (Fsp3) is 0.292. The maximum Gasteiger partial charge on any atom is 0.345 e. The number of Topliss-reactive ketones (excluding diaryl/α,β-unsaturated/α-hetero) is 4. The van der Waals surface area contributed by atoms with Crippen LogP contribution in [0.3, 0.4) is 0 Å². The number of aromatic nitrogens is 10. The van der Waals surface area contributed by atoms with Crippen LogP contribution in [0.4, 0.5) is 54.5 Å². The third-order valence-electron chi connectivity index (χ3n) is 18.6. The van der Waals surface area contributed by atoms with Gasteiger partial charge in [-0.25, -0.2) is 96.5 Å². The molecule has 44 heteroatoms. The molecule has 0 saturated heterocycles. The standard InChI is InChI=1S/C15H17BrFN3O2S.C14H15BrFN3O2S.C14H15BrFN3.C13H13BrFN3.C13H12BrFN2O.C12H12BrFO2.C12H13FO2.C2H7N3.CH5N3/c1-9(2)13-12(16)14(10-5-7-11(17)8-6-10)19-15(18-13)20(3)23(4,21)22;1-8(2)12-11(15)13(9-4-6-10(16)7-5-9)18-14(17-12)19-22(3,20)21;1-8(2)12-11(15)13(19-14(17-3)18-12)9-4-6-10(16)7-5-9;1-7(2)11-10(14)12(18-13(16)17-11)8-3-5-9(15)6-4-8;1-7(2)11-10(14)12(17-13(18)16-11)8-3-5-9(15)6-4-8;1-7(2)11(15)10(13)12(16)8-3-5-9(14)6-4-8;1-8(2)11(14)7-12(15)9-3-5-10(13)6-4-9;1-5-2(3)4;2-1(3)4/h5-9H,1-4H3;4-8H,1-3H3,(H,17,18,19);4-8H,1-3H3,(H,17,18,19);3-7H,1-2H3,(H2,16,17,18);3-7H,1-2H3,(H,16,17,18);3-7,10H,1-2H3;3-6,8H,7H2,1-2H3;1H3,(H4,3,4,5);(H5,2,3,4). The fourth-order valence-electron chi connectivity index (χ4n) is 11.2. The Hall–Kier alpha value is -11.6. The van der Waals surface area contributed by atoms with Crippen LogP contribution in [-0.2, 0) is 29.6 Å². The first-order chi connectivity index (χ1) is 65.2. The lowest BCUT2D eigenvalue weighted by molar-refractivity contribution is -0.121. The number of sulfonamides is 2. The molecule has 0 amide bonds. The van der Waals surface area contributed by atoms with Crippen LogP contribution in [0.1, 0.15) is 182 Å².